The van der Waals surface area contributed by atoms with Gasteiger partial charge in [0.1, 0.15) is 18.4 Å². The molecule has 2 aromatic heterocycles. The summed E-state index contributed by atoms with van der Waals surface area (Å²) in [6.45, 7) is 1.27. The van der Waals surface area contributed by atoms with Crippen molar-refractivity contribution in [3.05, 3.63) is 42.7 Å². The molecule has 1 aromatic carbocycles. The SMILES string of the molecule is FC(F)(F)Cn1ccc2c(OC3CCN(Cc4nnco4)CC3)cccc21. The van der Waals surface area contributed by atoms with Crippen LogP contribution in [0.3, 0.4) is 0 Å². The van der Waals surface area contributed by atoms with E-state index in [2.05, 4.69) is 15.1 Å². The van der Waals surface area contributed by atoms with E-state index in [1.807, 2.05) is 6.07 Å². The quantitative estimate of drug-likeness (QED) is 0.677. The summed E-state index contributed by atoms with van der Waals surface area (Å²) in [6, 6.07) is 6.91. The molecule has 0 radical (unpaired) electrons. The van der Waals surface area contributed by atoms with Crippen molar-refractivity contribution in [2.45, 2.75) is 38.2 Å². The second-order valence-corrected chi connectivity index (χ2v) is 6.67. The fraction of sp³-hybridized carbons (Fsp3) is 0.444. The van der Waals surface area contributed by atoms with Crippen LogP contribution in [0.5, 0.6) is 5.75 Å². The summed E-state index contributed by atoms with van der Waals surface area (Å²) in [6.07, 6.45) is 0.199. The topological polar surface area (TPSA) is 56.3 Å². The molecule has 1 saturated heterocycles. The maximum Gasteiger partial charge on any atom is 0.406 e. The van der Waals surface area contributed by atoms with Gasteiger partial charge in [-0.2, -0.15) is 13.2 Å². The Labute approximate surface area is 153 Å². The Balaban J connectivity index is 1.41. The lowest BCUT2D eigenvalue weighted by molar-refractivity contribution is -0.139. The fourth-order valence-electron chi connectivity index (χ4n) is 3.45. The van der Waals surface area contributed by atoms with Crippen LogP contribution >= 0.6 is 0 Å². The minimum absolute atomic E-state index is 0.0282. The largest absolute Gasteiger partial charge is 0.490 e. The number of likely N-dealkylation sites (tertiary alicyclic amines) is 1. The standard InChI is InChI=1S/C18H19F3N4O2/c19-18(20,21)11-25-9-6-14-15(25)2-1-3-16(14)27-13-4-7-24(8-5-13)10-17-23-22-12-26-17/h1-3,6,9,12-13H,4-5,7-8,10-11H2. The highest BCUT2D eigenvalue weighted by molar-refractivity contribution is 5.86. The zero-order chi connectivity index (χ0) is 18.9. The van der Waals surface area contributed by atoms with Crippen LogP contribution in [-0.4, -0.2) is 45.0 Å². The van der Waals surface area contributed by atoms with Crippen LogP contribution in [0, 0.1) is 0 Å². The lowest BCUT2D eigenvalue weighted by Gasteiger charge is -2.31. The molecular formula is C18H19F3N4O2. The van der Waals surface area contributed by atoms with Crippen molar-refractivity contribution >= 4 is 10.9 Å². The van der Waals surface area contributed by atoms with Crippen molar-refractivity contribution in [1.29, 1.82) is 0 Å². The molecule has 1 fully saturated rings. The second-order valence-electron chi connectivity index (χ2n) is 6.67. The third kappa shape index (κ3) is 4.24. The smallest absolute Gasteiger partial charge is 0.406 e. The molecule has 0 spiro atoms. The molecule has 0 bridgehead atoms. The molecule has 0 saturated carbocycles. The van der Waals surface area contributed by atoms with Gasteiger partial charge in [0.05, 0.1) is 12.1 Å². The first-order chi connectivity index (χ1) is 13.0. The molecular weight excluding hydrogens is 361 g/mol. The van der Waals surface area contributed by atoms with E-state index in [-0.39, 0.29) is 6.10 Å². The zero-order valence-corrected chi connectivity index (χ0v) is 14.5. The fourth-order valence-corrected chi connectivity index (χ4v) is 3.45. The summed E-state index contributed by atoms with van der Waals surface area (Å²) in [5.74, 6) is 1.22. The Morgan fingerprint density at radius 2 is 2.00 bits per heavy atom. The first-order valence-electron chi connectivity index (χ1n) is 8.76. The average Bonchev–Trinajstić information content (AvgIpc) is 3.26. The summed E-state index contributed by atoms with van der Waals surface area (Å²) in [5, 5.41) is 8.26. The summed E-state index contributed by atoms with van der Waals surface area (Å²) in [7, 11) is 0. The van der Waals surface area contributed by atoms with Gasteiger partial charge in [-0.25, -0.2) is 0 Å². The van der Waals surface area contributed by atoms with E-state index in [0.29, 0.717) is 29.1 Å². The van der Waals surface area contributed by atoms with Crippen molar-refractivity contribution < 1.29 is 22.3 Å². The van der Waals surface area contributed by atoms with Gasteiger partial charge < -0.3 is 13.7 Å². The van der Waals surface area contributed by atoms with E-state index < -0.39 is 12.7 Å². The number of ether oxygens (including phenoxy) is 1. The highest BCUT2D eigenvalue weighted by atomic mass is 19.4. The Bertz CT molecular complexity index is 884. The van der Waals surface area contributed by atoms with E-state index in [0.717, 1.165) is 25.9 Å². The van der Waals surface area contributed by atoms with Crippen molar-refractivity contribution in [2.24, 2.45) is 0 Å². The number of fused-ring (bicyclic) bond motifs is 1. The first kappa shape index (κ1) is 17.8. The highest BCUT2D eigenvalue weighted by Crippen LogP contribution is 2.31. The van der Waals surface area contributed by atoms with Crippen molar-refractivity contribution in [2.75, 3.05) is 13.1 Å². The second kappa shape index (κ2) is 7.22. The monoisotopic (exact) mass is 380 g/mol. The number of nitrogens with zero attached hydrogens (tertiary/aromatic N) is 4. The number of hydrogen-bond donors (Lipinski definition) is 0. The summed E-state index contributed by atoms with van der Waals surface area (Å²) in [4.78, 5) is 2.22. The Morgan fingerprint density at radius 3 is 2.70 bits per heavy atom. The Morgan fingerprint density at radius 1 is 1.19 bits per heavy atom. The predicted molar refractivity (Wildman–Crippen MR) is 91.2 cm³/mol. The molecule has 0 atom stereocenters. The van der Waals surface area contributed by atoms with Crippen LogP contribution in [0.2, 0.25) is 0 Å². The van der Waals surface area contributed by atoms with E-state index in [1.54, 1.807) is 18.2 Å². The molecule has 1 aliphatic heterocycles. The molecule has 4 rings (SSSR count). The molecule has 3 heterocycles. The maximum atomic E-state index is 12.7. The van der Waals surface area contributed by atoms with Gasteiger partial charge in [-0.3, -0.25) is 4.90 Å². The number of halogens is 3. The van der Waals surface area contributed by atoms with Gasteiger partial charge in [0.25, 0.3) is 0 Å². The molecule has 1 aliphatic rings. The van der Waals surface area contributed by atoms with E-state index in [9.17, 15) is 13.2 Å². The zero-order valence-electron chi connectivity index (χ0n) is 14.5. The van der Waals surface area contributed by atoms with Gasteiger partial charge >= 0.3 is 6.18 Å². The van der Waals surface area contributed by atoms with Gasteiger partial charge in [0, 0.05) is 24.7 Å². The molecule has 144 valence electrons. The number of alkyl halides is 3. The first-order valence-corrected chi connectivity index (χ1v) is 8.76. The number of piperidine rings is 1. The maximum absolute atomic E-state index is 12.7. The Kier molecular flexibility index (Phi) is 4.77. The van der Waals surface area contributed by atoms with Crippen LogP contribution < -0.4 is 4.74 Å². The number of aromatic nitrogens is 3. The molecule has 0 amide bonds. The van der Waals surface area contributed by atoms with E-state index in [1.165, 1.54) is 17.2 Å². The van der Waals surface area contributed by atoms with Gasteiger partial charge in [-0.15, -0.1) is 10.2 Å². The van der Waals surface area contributed by atoms with Gasteiger partial charge in [0.15, 0.2) is 0 Å². The molecule has 0 N–H and O–H groups in total. The molecule has 3 aromatic rings. The molecule has 0 unspecified atom stereocenters. The summed E-state index contributed by atoms with van der Waals surface area (Å²) in [5.41, 5.74) is 0.527. The van der Waals surface area contributed by atoms with Crippen LogP contribution in [-0.2, 0) is 13.1 Å². The van der Waals surface area contributed by atoms with Crippen LogP contribution in [0.25, 0.3) is 10.9 Å². The lowest BCUT2D eigenvalue weighted by Crippen LogP contribution is -2.37. The number of benzene rings is 1. The molecule has 9 heteroatoms. The normalized spacial score (nSPS) is 16.9. The number of hydrogen-bond acceptors (Lipinski definition) is 5. The minimum Gasteiger partial charge on any atom is -0.490 e. The molecule has 0 aliphatic carbocycles. The summed E-state index contributed by atoms with van der Waals surface area (Å²) < 4.78 is 50.7. The lowest BCUT2D eigenvalue weighted by atomic mass is 10.1. The molecule has 6 nitrogen and oxygen atoms in total. The Hall–Kier alpha value is -2.55. The predicted octanol–water partition coefficient (Wildman–Crippen LogP) is 3.63. The van der Waals surface area contributed by atoms with Gasteiger partial charge in [-0.1, -0.05) is 6.07 Å². The van der Waals surface area contributed by atoms with Gasteiger partial charge in [-0.05, 0) is 31.0 Å². The summed E-state index contributed by atoms with van der Waals surface area (Å²) >= 11 is 0. The van der Waals surface area contributed by atoms with Crippen LogP contribution in [0.15, 0.2) is 41.3 Å². The third-order valence-corrected chi connectivity index (χ3v) is 4.72. The van der Waals surface area contributed by atoms with Crippen LogP contribution in [0.1, 0.15) is 18.7 Å². The minimum atomic E-state index is -4.26. The van der Waals surface area contributed by atoms with Crippen molar-refractivity contribution in [3.8, 4) is 5.75 Å². The van der Waals surface area contributed by atoms with Crippen molar-refractivity contribution in [1.82, 2.24) is 19.7 Å². The average molecular weight is 380 g/mol. The van der Waals surface area contributed by atoms with Crippen molar-refractivity contribution in [3.63, 3.8) is 0 Å². The van der Waals surface area contributed by atoms with E-state index >= 15 is 0 Å². The molecule has 27 heavy (non-hydrogen) atoms. The van der Waals surface area contributed by atoms with E-state index in [4.69, 9.17) is 9.15 Å². The third-order valence-electron chi connectivity index (χ3n) is 4.72. The van der Waals surface area contributed by atoms with Gasteiger partial charge in [0.2, 0.25) is 12.3 Å². The van der Waals surface area contributed by atoms with Crippen LogP contribution in [0.4, 0.5) is 13.2 Å². The highest BCUT2D eigenvalue weighted by Gasteiger charge is 2.29. The number of rotatable bonds is 5.